The van der Waals surface area contributed by atoms with Gasteiger partial charge in [0.25, 0.3) is 5.91 Å². The summed E-state index contributed by atoms with van der Waals surface area (Å²) in [4.78, 5) is 34.0. The van der Waals surface area contributed by atoms with Crippen LogP contribution < -0.4 is 10.6 Å². The molecule has 2 rings (SSSR count). The molecule has 1 aliphatic carbocycles. The van der Waals surface area contributed by atoms with Crippen LogP contribution in [0.5, 0.6) is 0 Å². The predicted octanol–water partition coefficient (Wildman–Crippen LogP) is 2.02. The zero-order valence-corrected chi connectivity index (χ0v) is 12.5. The molecule has 0 saturated heterocycles. The lowest BCUT2D eigenvalue weighted by molar-refractivity contribution is -0.142. The molecule has 0 spiro atoms. The lowest BCUT2D eigenvalue weighted by Gasteiger charge is -2.26. The fourth-order valence-electron chi connectivity index (χ4n) is 2.66. The number of benzene rings is 1. The highest BCUT2D eigenvalue weighted by molar-refractivity contribution is 5.95. The summed E-state index contributed by atoms with van der Waals surface area (Å²) in [7, 11) is 0. The molecular weight excluding hydrogens is 284 g/mol. The third-order valence-electron chi connectivity index (χ3n) is 3.88. The number of carbonyl (C=O) groups excluding carboxylic acids is 2. The van der Waals surface area contributed by atoms with Gasteiger partial charge in [0.2, 0.25) is 5.91 Å². The number of carboxylic acids is 1. The van der Waals surface area contributed by atoms with Gasteiger partial charge in [-0.15, -0.1) is 0 Å². The number of aliphatic carboxylic acids is 1. The van der Waals surface area contributed by atoms with Crippen LogP contribution in [0.15, 0.2) is 24.3 Å². The Morgan fingerprint density at radius 2 is 1.64 bits per heavy atom. The van der Waals surface area contributed by atoms with E-state index >= 15 is 0 Å². The van der Waals surface area contributed by atoms with Crippen molar-refractivity contribution in [1.82, 2.24) is 5.32 Å². The van der Waals surface area contributed by atoms with E-state index in [-0.39, 0.29) is 23.8 Å². The van der Waals surface area contributed by atoms with Crippen molar-refractivity contribution in [3.05, 3.63) is 29.8 Å². The van der Waals surface area contributed by atoms with Gasteiger partial charge in [0.05, 0.1) is 5.92 Å². The predicted molar refractivity (Wildman–Crippen MR) is 81.6 cm³/mol. The average Bonchev–Trinajstić information content (AvgIpc) is 2.48. The highest BCUT2D eigenvalue weighted by Gasteiger charge is 2.26. The lowest BCUT2D eigenvalue weighted by Crippen LogP contribution is -2.38. The number of carbonyl (C=O) groups is 3. The summed E-state index contributed by atoms with van der Waals surface area (Å²) in [6.45, 7) is 1.42. The highest BCUT2D eigenvalue weighted by atomic mass is 16.4. The number of carboxylic acid groups (broad SMARTS) is 1. The second-order valence-corrected chi connectivity index (χ2v) is 5.62. The van der Waals surface area contributed by atoms with Gasteiger partial charge < -0.3 is 15.7 Å². The molecule has 1 aromatic carbocycles. The van der Waals surface area contributed by atoms with Gasteiger partial charge >= 0.3 is 5.97 Å². The van der Waals surface area contributed by atoms with Crippen molar-refractivity contribution in [3.63, 3.8) is 0 Å². The molecule has 1 aromatic rings. The monoisotopic (exact) mass is 304 g/mol. The Bertz CT molecular complexity index is 560. The Balaban J connectivity index is 1.87. The zero-order chi connectivity index (χ0) is 16.1. The van der Waals surface area contributed by atoms with E-state index in [0.717, 1.165) is 0 Å². The molecule has 0 radical (unpaired) electrons. The Hall–Kier alpha value is -2.37. The molecule has 118 valence electrons. The smallest absolute Gasteiger partial charge is 0.306 e. The summed E-state index contributed by atoms with van der Waals surface area (Å²) in [5, 5.41) is 14.5. The highest BCUT2D eigenvalue weighted by Crippen LogP contribution is 2.24. The first kappa shape index (κ1) is 16.0. The van der Waals surface area contributed by atoms with Crippen molar-refractivity contribution in [2.24, 2.45) is 5.92 Å². The van der Waals surface area contributed by atoms with Crippen LogP contribution >= 0.6 is 0 Å². The maximum absolute atomic E-state index is 12.1. The van der Waals surface area contributed by atoms with Crippen molar-refractivity contribution >= 4 is 23.5 Å². The normalized spacial score (nSPS) is 21.0. The first-order chi connectivity index (χ1) is 10.5. The van der Waals surface area contributed by atoms with Crippen LogP contribution in [0.3, 0.4) is 0 Å². The van der Waals surface area contributed by atoms with Crippen LogP contribution in [0.4, 0.5) is 5.69 Å². The first-order valence-corrected chi connectivity index (χ1v) is 7.37. The standard InChI is InChI=1S/C16H20N2O4/c1-10(19)17-13-6-2-11(3-7-13)15(20)18-14-8-4-12(5-9-14)16(21)22/h2-3,6-7,12,14H,4-5,8-9H2,1H3,(H,17,19)(H,18,20)(H,21,22). The van der Waals surface area contributed by atoms with Gasteiger partial charge in [-0.1, -0.05) is 0 Å². The number of hydrogen-bond donors (Lipinski definition) is 3. The van der Waals surface area contributed by atoms with E-state index in [1.807, 2.05) is 0 Å². The summed E-state index contributed by atoms with van der Waals surface area (Å²) in [5.74, 6) is -1.37. The summed E-state index contributed by atoms with van der Waals surface area (Å²) >= 11 is 0. The van der Waals surface area contributed by atoms with Crippen LogP contribution in [0.25, 0.3) is 0 Å². The van der Waals surface area contributed by atoms with E-state index in [1.54, 1.807) is 24.3 Å². The summed E-state index contributed by atoms with van der Waals surface area (Å²) in [6, 6.07) is 6.69. The summed E-state index contributed by atoms with van der Waals surface area (Å²) in [5.41, 5.74) is 1.17. The van der Waals surface area contributed by atoms with Crippen LogP contribution in [0.2, 0.25) is 0 Å². The Kier molecular flexibility index (Phi) is 5.14. The van der Waals surface area contributed by atoms with Crippen LogP contribution in [0.1, 0.15) is 43.0 Å². The minimum absolute atomic E-state index is 0.0260. The number of hydrogen-bond acceptors (Lipinski definition) is 3. The molecule has 6 heteroatoms. The molecule has 1 aliphatic rings. The molecular formula is C16H20N2O4. The van der Waals surface area contributed by atoms with Gasteiger partial charge in [0, 0.05) is 24.2 Å². The van der Waals surface area contributed by atoms with Gasteiger partial charge in [0.15, 0.2) is 0 Å². The Morgan fingerprint density at radius 3 is 2.14 bits per heavy atom. The quantitative estimate of drug-likeness (QED) is 0.793. The molecule has 1 fully saturated rings. The van der Waals surface area contributed by atoms with Gasteiger partial charge in [-0.05, 0) is 49.9 Å². The molecule has 0 aliphatic heterocycles. The van der Waals surface area contributed by atoms with Crippen molar-refractivity contribution in [1.29, 1.82) is 0 Å². The maximum atomic E-state index is 12.1. The Morgan fingerprint density at radius 1 is 1.05 bits per heavy atom. The minimum atomic E-state index is -0.752. The molecule has 2 amide bonds. The van der Waals surface area contributed by atoms with Gasteiger partial charge in [0.1, 0.15) is 0 Å². The van der Waals surface area contributed by atoms with E-state index in [1.165, 1.54) is 6.92 Å². The van der Waals surface area contributed by atoms with Crippen molar-refractivity contribution < 1.29 is 19.5 Å². The molecule has 0 aromatic heterocycles. The number of nitrogens with one attached hydrogen (secondary N) is 2. The molecule has 1 saturated carbocycles. The molecule has 0 atom stereocenters. The zero-order valence-electron chi connectivity index (χ0n) is 12.5. The van der Waals surface area contributed by atoms with Crippen LogP contribution in [-0.2, 0) is 9.59 Å². The molecule has 0 heterocycles. The lowest BCUT2D eigenvalue weighted by atomic mass is 9.86. The fraction of sp³-hybridized carbons (Fsp3) is 0.438. The molecule has 0 bridgehead atoms. The van der Waals surface area contributed by atoms with Crippen molar-refractivity contribution in [2.45, 2.75) is 38.6 Å². The maximum Gasteiger partial charge on any atom is 0.306 e. The van der Waals surface area contributed by atoms with Gasteiger partial charge in [-0.3, -0.25) is 14.4 Å². The Labute approximate surface area is 128 Å². The van der Waals surface area contributed by atoms with Gasteiger partial charge in [-0.25, -0.2) is 0 Å². The van der Waals surface area contributed by atoms with E-state index < -0.39 is 5.97 Å². The number of rotatable bonds is 4. The molecule has 22 heavy (non-hydrogen) atoms. The number of anilines is 1. The third kappa shape index (κ3) is 4.31. The van der Waals surface area contributed by atoms with Crippen molar-refractivity contribution in [2.75, 3.05) is 5.32 Å². The fourth-order valence-corrected chi connectivity index (χ4v) is 2.66. The van der Waals surface area contributed by atoms with E-state index in [9.17, 15) is 14.4 Å². The summed E-state index contributed by atoms with van der Waals surface area (Å²) < 4.78 is 0. The van der Waals surface area contributed by atoms with E-state index in [2.05, 4.69) is 10.6 Å². The molecule has 0 unspecified atom stereocenters. The third-order valence-corrected chi connectivity index (χ3v) is 3.88. The van der Waals surface area contributed by atoms with Crippen LogP contribution in [-0.4, -0.2) is 28.9 Å². The summed E-state index contributed by atoms with van der Waals surface area (Å²) in [6.07, 6.45) is 2.57. The topological polar surface area (TPSA) is 95.5 Å². The number of amides is 2. The van der Waals surface area contributed by atoms with Crippen molar-refractivity contribution in [3.8, 4) is 0 Å². The van der Waals surface area contributed by atoms with Crippen LogP contribution in [0, 0.1) is 5.92 Å². The largest absolute Gasteiger partial charge is 0.481 e. The SMILES string of the molecule is CC(=O)Nc1ccc(C(=O)NC2CCC(C(=O)O)CC2)cc1. The second-order valence-electron chi connectivity index (χ2n) is 5.62. The molecule has 6 nitrogen and oxygen atoms in total. The average molecular weight is 304 g/mol. The van der Waals surface area contributed by atoms with E-state index in [4.69, 9.17) is 5.11 Å². The first-order valence-electron chi connectivity index (χ1n) is 7.37. The molecule has 3 N–H and O–H groups in total. The minimum Gasteiger partial charge on any atom is -0.481 e. The van der Waals surface area contributed by atoms with Gasteiger partial charge in [-0.2, -0.15) is 0 Å². The van der Waals surface area contributed by atoms with E-state index in [0.29, 0.717) is 36.9 Å². The second kappa shape index (κ2) is 7.06.